The Bertz CT molecular complexity index is 1080. The number of benzene rings is 2. The largest absolute Gasteiger partial charge is 0.490 e. The third-order valence-corrected chi connectivity index (χ3v) is 5.98. The molecule has 0 aliphatic carbocycles. The molecule has 2 aromatic carbocycles. The molecule has 39 heavy (non-hydrogen) atoms. The SMILES string of the molecule is C=C(C)C(=O)OCC(O)COc1ccc(C(CC)c2ccc(OCC(O)COC(=O)C(=C)C)c(C)c2)cc1C. The minimum absolute atomic E-state index is 0.00739. The number of aliphatic hydroxyl groups excluding tert-OH is 2. The highest BCUT2D eigenvalue weighted by Gasteiger charge is 2.17. The normalized spacial score (nSPS) is 13.1. The second-order valence-corrected chi connectivity index (χ2v) is 9.70. The van der Waals surface area contributed by atoms with Crippen LogP contribution in [0, 0.1) is 13.8 Å². The Labute approximate surface area is 230 Å². The van der Waals surface area contributed by atoms with Gasteiger partial charge in [0.05, 0.1) is 0 Å². The predicted octanol–water partition coefficient (Wildman–Crippen LogP) is 4.56. The summed E-state index contributed by atoms with van der Waals surface area (Å²) in [6.07, 6.45) is -1.03. The van der Waals surface area contributed by atoms with Crippen LogP contribution in [0.2, 0.25) is 0 Å². The molecule has 0 saturated heterocycles. The Kier molecular flexibility index (Phi) is 12.2. The number of carbonyl (C=O) groups is 2. The van der Waals surface area contributed by atoms with Gasteiger partial charge < -0.3 is 29.2 Å². The molecule has 2 rings (SSSR count). The van der Waals surface area contributed by atoms with Crippen LogP contribution in [-0.4, -0.2) is 60.8 Å². The monoisotopic (exact) mass is 540 g/mol. The van der Waals surface area contributed by atoms with Crippen LogP contribution in [0.4, 0.5) is 0 Å². The van der Waals surface area contributed by atoms with Crippen LogP contribution in [0.25, 0.3) is 0 Å². The van der Waals surface area contributed by atoms with Gasteiger partial charge in [0.25, 0.3) is 0 Å². The van der Waals surface area contributed by atoms with Gasteiger partial charge in [-0.2, -0.15) is 0 Å². The fraction of sp³-hybridized carbons (Fsp3) is 0.419. The molecule has 2 unspecified atom stereocenters. The molecule has 8 heteroatoms. The smallest absolute Gasteiger partial charge is 0.333 e. The summed E-state index contributed by atoms with van der Waals surface area (Å²) >= 11 is 0. The molecule has 212 valence electrons. The van der Waals surface area contributed by atoms with Crippen molar-refractivity contribution in [2.45, 2.75) is 59.2 Å². The van der Waals surface area contributed by atoms with Gasteiger partial charge in [0, 0.05) is 17.1 Å². The Morgan fingerprint density at radius 2 is 1.13 bits per heavy atom. The van der Waals surface area contributed by atoms with E-state index < -0.39 is 24.1 Å². The standard InChI is InChI=1S/C31H40O8/c1-8-27(23-9-11-28(21(6)13-23)36-15-25(32)17-38-30(34)19(2)3)24-10-12-29(22(7)14-24)37-16-26(33)18-39-31(35)20(4)5/h9-14,25-27,32-33H,2,4,8,15-18H2,1,3,5-7H3. The van der Waals surface area contributed by atoms with Crippen LogP contribution < -0.4 is 9.47 Å². The summed E-state index contributed by atoms with van der Waals surface area (Å²) in [7, 11) is 0. The van der Waals surface area contributed by atoms with Gasteiger partial charge in [-0.05, 0) is 68.5 Å². The maximum absolute atomic E-state index is 11.5. The second-order valence-electron chi connectivity index (χ2n) is 9.70. The number of rotatable bonds is 15. The van der Waals surface area contributed by atoms with Gasteiger partial charge in [0.15, 0.2) is 0 Å². The van der Waals surface area contributed by atoms with Gasteiger partial charge in [0.1, 0.15) is 50.1 Å². The lowest BCUT2D eigenvalue weighted by Gasteiger charge is -2.20. The van der Waals surface area contributed by atoms with Crippen LogP contribution in [0.1, 0.15) is 55.4 Å². The molecular formula is C31H40O8. The predicted molar refractivity (Wildman–Crippen MR) is 149 cm³/mol. The maximum atomic E-state index is 11.5. The van der Waals surface area contributed by atoms with Crippen LogP contribution in [0.5, 0.6) is 11.5 Å². The molecule has 0 aliphatic heterocycles. The number of carbonyl (C=O) groups excluding carboxylic acids is 2. The third-order valence-electron chi connectivity index (χ3n) is 5.98. The minimum Gasteiger partial charge on any atom is -0.490 e. The molecule has 0 fully saturated rings. The zero-order chi connectivity index (χ0) is 29.1. The minimum atomic E-state index is -0.952. The zero-order valence-electron chi connectivity index (χ0n) is 23.5. The van der Waals surface area contributed by atoms with E-state index in [2.05, 4.69) is 32.2 Å². The van der Waals surface area contributed by atoms with E-state index in [9.17, 15) is 19.8 Å². The van der Waals surface area contributed by atoms with Gasteiger partial charge in [-0.25, -0.2) is 9.59 Å². The first-order valence-electron chi connectivity index (χ1n) is 12.9. The van der Waals surface area contributed by atoms with Crippen molar-refractivity contribution in [3.63, 3.8) is 0 Å². The Balaban J connectivity index is 1.99. The van der Waals surface area contributed by atoms with Gasteiger partial charge in [0.2, 0.25) is 0 Å². The average Bonchev–Trinajstić information content (AvgIpc) is 2.89. The van der Waals surface area contributed by atoms with E-state index in [1.165, 1.54) is 0 Å². The van der Waals surface area contributed by atoms with Crippen molar-refractivity contribution in [1.82, 2.24) is 0 Å². The summed E-state index contributed by atoms with van der Waals surface area (Å²) in [5.41, 5.74) is 4.65. The number of hydrogen-bond acceptors (Lipinski definition) is 8. The van der Waals surface area contributed by atoms with Crippen LogP contribution in [0.15, 0.2) is 60.7 Å². The van der Waals surface area contributed by atoms with E-state index in [0.717, 1.165) is 28.7 Å². The van der Waals surface area contributed by atoms with Crippen molar-refractivity contribution < 1.29 is 38.7 Å². The highest BCUT2D eigenvalue weighted by molar-refractivity contribution is 5.87. The van der Waals surface area contributed by atoms with Gasteiger partial charge in [-0.15, -0.1) is 0 Å². The quantitative estimate of drug-likeness (QED) is 0.250. The second kappa shape index (κ2) is 15.1. The first kappa shape index (κ1) is 31.6. The van der Waals surface area contributed by atoms with Crippen molar-refractivity contribution in [2.75, 3.05) is 26.4 Å². The molecule has 0 aliphatic rings. The van der Waals surface area contributed by atoms with E-state index in [-0.39, 0.29) is 43.5 Å². The average molecular weight is 541 g/mol. The lowest BCUT2D eigenvalue weighted by Crippen LogP contribution is -2.25. The number of ether oxygens (including phenoxy) is 4. The van der Waals surface area contributed by atoms with Crippen molar-refractivity contribution in [3.05, 3.63) is 83.0 Å². The molecule has 0 aromatic heterocycles. The van der Waals surface area contributed by atoms with E-state index in [1.807, 2.05) is 38.1 Å². The molecule has 0 spiro atoms. The number of aliphatic hydroxyl groups is 2. The van der Waals surface area contributed by atoms with Crippen LogP contribution in [0.3, 0.4) is 0 Å². The molecule has 2 N–H and O–H groups in total. The number of aryl methyl sites for hydroxylation is 2. The molecule has 0 amide bonds. The highest BCUT2D eigenvalue weighted by Crippen LogP contribution is 2.33. The molecule has 0 saturated carbocycles. The molecule has 2 aromatic rings. The Morgan fingerprint density at radius 3 is 1.44 bits per heavy atom. The fourth-order valence-corrected chi connectivity index (χ4v) is 3.82. The van der Waals surface area contributed by atoms with Crippen molar-refractivity contribution in [1.29, 1.82) is 0 Å². The summed E-state index contributed by atoms with van der Waals surface area (Å²) in [4.78, 5) is 23.0. The lowest BCUT2D eigenvalue weighted by molar-refractivity contribution is -0.143. The molecule has 0 radical (unpaired) electrons. The summed E-state index contributed by atoms with van der Waals surface area (Å²) in [5, 5.41) is 20.1. The van der Waals surface area contributed by atoms with Crippen LogP contribution in [-0.2, 0) is 19.1 Å². The zero-order valence-corrected chi connectivity index (χ0v) is 23.5. The van der Waals surface area contributed by atoms with E-state index in [1.54, 1.807) is 13.8 Å². The summed E-state index contributed by atoms with van der Waals surface area (Å²) < 4.78 is 21.4. The van der Waals surface area contributed by atoms with E-state index in [4.69, 9.17) is 18.9 Å². The fourth-order valence-electron chi connectivity index (χ4n) is 3.82. The maximum Gasteiger partial charge on any atom is 0.333 e. The molecular weight excluding hydrogens is 500 g/mol. The van der Waals surface area contributed by atoms with Crippen LogP contribution >= 0.6 is 0 Å². The number of esters is 2. The van der Waals surface area contributed by atoms with E-state index >= 15 is 0 Å². The molecule has 2 atom stereocenters. The van der Waals surface area contributed by atoms with Gasteiger partial charge in [-0.1, -0.05) is 44.3 Å². The summed E-state index contributed by atoms with van der Waals surface area (Å²) in [5.74, 6) is 0.339. The topological polar surface area (TPSA) is 112 Å². The van der Waals surface area contributed by atoms with Crippen molar-refractivity contribution in [3.8, 4) is 11.5 Å². The lowest BCUT2D eigenvalue weighted by atomic mass is 9.87. The first-order valence-corrected chi connectivity index (χ1v) is 12.9. The Morgan fingerprint density at radius 1 is 0.744 bits per heavy atom. The van der Waals surface area contributed by atoms with E-state index in [0.29, 0.717) is 11.5 Å². The first-order chi connectivity index (χ1) is 18.4. The van der Waals surface area contributed by atoms with Crippen molar-refractivity contribution in [2.24, 2.45) is 0 Å². The molecule has 0 heterocycles. The number of hydrogen-bond donors (Lipinski definition) is 2. The van der Waals surface area contributed by atoms with Crippen molar-refractivity contribution >= 4 is 11.9 Å². The van der Waals surface area contributed by atoms with Gasteiger partial charge in [-0.3, -0.25) is 0 Å². The third kappa shape index (κ3) is 9.89. The molecule has 0 bridgehead atoms. The van der Waals surface area contributed by atoms with Gasteiger partial charge >= 0.3 is 11.9 Å². The highest BCUT2D eigenvalue weighted by atomic mass is 16.6. The summed E-state index contributed by atoms with van der Waals surface area (Å²) in [6.45, 7) is 15.8. The molecule has 8 nitrogen and oxygen atoms in total. The summed E-state index contributed by atoms with van der Waals surface area (Å²) in [6, 6.07) is 11.9. The Hall–Kier alpha value is -3.62.